The van der Waals surface area contributed by atoms with Crippen molar-refractivity contribution in [2.24, 2.45) is 0 Å². The number of non-ortho nitro benzene ring substituents is 1. The Balaban J connectivity index is 1.88. The van der Waals surface area contributed by atoms with E-state index in [9.17, 15) is 20.0 Å². The Labute approximate surface area is 132 Å². The number of nitrogens with two attached hydrogens (primary N) is 1. The smallest absolute Gasteiger partial charge is 0.270 e. The number of anilines is 1. The summed E-state index contributed by atoms with van der Waals surface area (Å²) in [6.07, 6.45) is 0. The van der Waals surface area contributed by atoms with Crippen LogP contribution in [-0.4, -0.2) is 31.9 Å². The van der Waals surface area contributed by atoms with E-state index in [1.54, 1.807) is 0 Å². The molecule has 1 aromatic heterocycles. The molecular weight excluding hydrogens is 330 g/mol. The van der Waals surface area contributed by atoms with Crippen molar-refractivity contribution >= 4 is 39.8 Å². The number of amides is 1. The second-order valence-electron chi connectivity index (χ2n) is 4.04. The first-order valence-electron chi connectivity index (χ1n) is 5.90. The normalized spacial score (nSPS) is 10.4. The van der Waals surface area contributed by atoms with Gasteiger partial charge in [-0.3, -0.25) is 14.9 Å². The van der Waals surface area contributed by atoms with Crippen LogP contribution in [0.1, 0.15) is 5.56 Å². The van der Waals surface area contributed by atoms with Gasteiger partial charge in [-0.25, -0.2) is 0 Å². The number of aromatic hydroxyl groups is 1. The quantitative estimate of drug-likeness (QED) is 0.403. The summed E-state index contributed by atoms with van der Waals surface area (Å²) in [5, 5.41) is 30.6. The number of phenols is 1. The number of nitro groups is 1. The Kier molecular flexibility index (Phi) is 5.12. The van der Waals surface area contributed by atoms with Crippen LogP contribution in [0.25, 0.3) is 0 Å². The number of nitrogens with zero attached hydrogens (tertiary/aromatic N) is 3. The monoisotopic (exact) mass is 341 g/mol. The molecule has 0 aliphatic heterocycles. The number of phenolic OH excluding ortho intramolecular Hbond substituents is 1. The first-order chi connectivity index (χ1) is 10.5. The molecule has 0 bridgehead atoms. The van der Waals surface area contributed by atoms with Crippen LogP contribution < -0.4 is 11.1 Å². The molecule has 0 saturated carbocycles. The van der Waals surface area contributed by atoms with Crippen LogP contribution in [0.15, 0.2) is 22.5 Å². The van der Waals surface area contributed by atoms with Crippen molar-refractivity contribution in [3.63, 3.8) is 0 Å². The molecule has 0 saturated heterocycles. The number of nitrogen functional groups attached to an aromatic ring is 1. The summed E-state index contributed by atoms with van der Waals surface area (Å²) in [6, 6.07) is 3.63. The first kappa shape index (κ1) is 16.0. The fraction of sp³-hybridized carbons (Fsp3) is 0.182. The topological polar surface area (TPSA) is 144 Å². The fourth-order valence-electron chi connectivity index (χ4n) is 1.48. The van der Waals surface area contributed by atoms with Crippen molar-refractivity contribution < 1.29 is 14.8 Å². The third-order valence-electron chi connectivity index (χ3n) is 2.50. The lowest BCUT2D eigenvalue weighted by molar-refractivity contribution is -0.384. The largest absolute Gasteiger partial charge is 0.508 e. The SMILES string of the molecule is Nc1nnc(SCC(=O)NCc2cc([N+](=O)[O-])ccc2O)s1. The van der Waals surface area contributed by atoms with Gasteiger partial charge in [-0.2, -0.15) is 0 Å². The third kappa shape index (κ3) is 4.30. The van der Waals surface area contributed by atoms with E-state index in [0.29, 0.717) is 9.47 Å². The first-order valence-corrected chi connectivity index (χ1v) is 7.70. The molecule has 116 valence electrons. The van der Waals surface area contributed by atoms with E-state index in [2.05, 4.69) is 15.5 Å². The van der Waals surface area contributed by atoms with E-state index >= 15 is 0 Å². The number of rotatable bonds is 6. The van der Waals surface area contributed by atoms with Gasteiger partial charge in [0.25, 0.3) is 5.69 Å². The lowest BCUT2D eigenvalue weighted by Gasteiger charge is -2.06. The number of hydrogen-bond acceptors (Lipinski definition) is 9. The molecule has 1 heterocycles. The van der Waals surface area contributed by atoms with Crippen LogP contribution in [-0.2, 0) is 11.3 Å². The number of hydrogen-bond donors (Lipinski definition) is 3. The van der Waals surface area contributed by atoms with Gasteiger partial charge in [-0.15, -0.1) is 10.2 Å². The molecule has 1 amide bonds. The minimum Gasteiger partial charge on any atom is -0.508 e. The Morgan fingerprint density at radius 3 is 2.91 bits per heavy atom. The van der Waals surface area contributed by atoms with Crippen molar-refractivity contribution in [3.05, 3.63) is 33.9 Å². The van der Waals surface area contributed by atoms with Crippen LogP contribution in [0.5, 0.6) is 5.75 Å². The summed E-state index contributed by atoms with van der Waals surface area (Å²) < 4.78 is 0.575. The zero-order chi connectivity index (χ0) is 16.1. The van der Waals surface area contributed by atoms with Gasteiger partial charge < -0.3 is 16.2 Å². The lowest BCUT2D eigenvalue weighted by Crippen LogP contribution is -2.24. The Hall–Kier alpha value is -2.40. The molecule has 0 fully saturated rings. The van der Waals surface area contributed by atoms with Crippen LogP contribution in [0.3, 0.4) is 0 Å². The van der Waals surface area contributed by atoms with Gasteiger partial charge in [0.05, 0.1) is 10.7 Å². The van der Waals surface area contributed by atoms with Gasteiger partial charge in [0.2, 0.25) is 11.0 Å². The van der Waals surface area contributed by atoms with E-state index in [4.69, 9.17) is 5.73 Å². The number of thioether (sulfide) groups is 1. The van der Waals surface area contributed by atoms with Gasteiger partial charge in [-0.1, -0.05) is 23.1 Å². The van der Waals surface area contributed by atoms with Gasteiger partial charge in [0.15, 0.2) is 4.34 Å². The van der Waals surface area contributed by atoms with E-state index in [-0.39, 0.29) is 35.2 Å². The van der Waals surface area contributed by atoms with E-state index in [1.165, 1.54) is 41.3 Å². The molecule has 0 unspecified atom stereocenters. The van der Waals surface area contributed by atoms with Gasteiger partial charge in [-0.05, 0) is 6.07 Å². The molecule has 2 rings (SSSR count). The number of carbonyl (C=O) groups excluding carboxylic acids is 1. The molecule has 22 heavy (non-hydrogen) atoms. The summed E-state index contributed by atoms with van der Waals surface area (Å²) in [7, 11) is 0. The summed E-state index contributed by atoms with van der Waals surface area (Å²) >= 11 is 2.35. The van der Waals surface area contributed by atoms with Gasteiger partial charge in [0, 0.05) is 24.2 Å². The number of nitro benzene ring substituents is 1. The summed E-state index contributed by atoms with van der Waals surface area (Å²) in [6.45, 7) is -0.00877. The predicted molar refractivity (Wildman–Crippen MR) is 81.7 cm³/mol. The highest BCUT2D eigenvalue weighted by Gasteiger charge is 2.12. The molecule has 11 heteroatoms. The highest BCUT2D eigenvalue weighted by Crippen LogP contribution is 2.24. The molecule has 0 radical (unpaired) electrons. The fourth-order valence-corrected chi connectivity index (χ4v) is 2.94. The summed E-state index contributed by atoms with van der Waals surface area (Å²) in [4.78, 5) is 21.8. The zero-order valence-electron chi connectivity index (χ0n) is 11.1. The highest BCUT2D eigenvalue weighted by atomic mass is 32.2. The highest BCUT2D eigenvalue weighted by molar-refractivity contribution is 8.01. The second-order valence-corrected chi connectivity index (χ2v) is 6.27. The minimum absolute atomic E-state index is 0.00877. The number of nitrogens with one attached hydrogen (secondary N) is 1. The predicted octanol–water partition coefficient (Wildman–Crippen LogP) is 1.14. The molecular formula is C11H11N5O4S2. The summed E-state index contributed by atoms with van der Waals surface area (Å²) in [5.41, 5.74) is 5.54. The molecule has 1 aromatic carbocycles. The van der Waals surface area contributed by atoms with Crippen molar-refractivity contribution in [2.75, 3.05) is 11.5 Å². The summed E-state index contributed by atoms with van der Waals surface area (Å²) in [5.74, 6) is -0.315. The maximum atomic E-state index is 11.7. The molecule has 2 aromatic rings. The van der Waals surface area contributed by atoms with Crippen LogP contribution >= 0.6 is 23.1 Å². The Bertz CT molecular complexity index is 706. The average molecular weight is 341 g/mol. The van der Waals surface area contributed by atoms with Crippen molar-refractivity contribution in [3.8, 4) is 5.75 Å². The maximum absolute atomic E-state index is 11.7. The molecule has 9 nitrogen and oxygen atoms in total. The average Bonchev–Trinajstić information content (AvgIpc) is 2.89. The molecule has 0 aliphatic carbocycles. The molecule has 4 N–H and O–H groups in total. The van der Waals surface area contributed by atoms with Gasteiger partial charge >= 0.3 is 0 Å². The van der Waals surface area contributed by atoms with Crippen molar-refractivity contribution in [2.45, 2.75) is 10.9 Å². The second kappa shape index (κ2) is 7.04. The Morgan fingerprint density at radius 1 is 1.50 bits per heavy atom. The third-order valence-corrected chi connectivity index (χ3v) is 4.38. The van der Waals surface area contributed by atoms with Crippen molar-refractivity contribution in [1.82, 2.24) is 15.5 Å². The molecule has 0 spiro atoms. The van der Waals surface area contributed by atoms with Crippen LogP contribution in [0, 0.1) is 10.1 Å². The van der Waals surface area contributed by atoms with Crippen molar-refractivity contribution in [1.29, 1.82) is 0 Å². The molecule has 0 aliphatic rings. The number of carbonyl (C=O) groups is 1. The standard InChI is InChI=1S/C11H11N5O4S2/c12-10-14-15-11(22-10)21-5-9(18)13-4-6-3-7(16(19)20)1-2-8(6)17/h1-3,17H,4-5H2,(H2,12,14)(H,13,18). The maximum Gasteiger partial charge on any atom is 0.270 e. The van der Waals surface area contributed by atoms with Crippen LogP contribution in [0.2, 0.25) is 0 Å². The van der Waals surface area contributed by atoms with E-state index in [0.717, 1.165) is 0 Å². The van der Waals surface area contributed by atoms with E-state index in [1.807, 2.05) is 0 Å². The number of benzene rings is 1. The van der Waals surface area contributed by atoms with Crippen LogP contribution in [0.4, 0.5) is 10.8 Å². The van der Waals surface area contributed by atoms with Gasteiger partial charge in [0.1, 0.15) is 5.75 Å². The zero-order valence-corrected chi connectivity index (χ0v) is 12.7. The molecule has 0 atom stereocenters. The van der Waals surface area contributed by atoms with E-state index < -0.39 is 4.92 Å². The lowest BCUT2D eigenvalue weighted by atomic mass is 10.2. The Morgan fingerprint density at radius 2 is 2.27 bits per heavy atom. The minimum atomic E-state index is -0.569. The number of aromatic nitrogens is 2.